The molecule has 3 nitrogen and oxygen atoms in total. The lowest BCUT2D eigenvalue weighted by Gasteiger charge is -2.20. The van der Waals surface area contributed by atoms with Crippen molar-refractivity contribution >= 4 is 0 Å². The van der Waals surface area contributed by atoms with Gasteiger partial charge in [-0.25, -0.2) is 0 Å². The summed E-state index contributed by atoms with van der Waals surface area (Å²) in [6.07, 6.45) is -4.68. The van der Waals surface area contributed by atoms with Crippen LogP contribution in [-0.2, 0) is 0 Å². The van der Waals surface area contributed by atoms with E-state index in [0.29, 0.717) is 32.7 Å². The molecule has 0 heterocycles. The number of nitrogens with zero attached hydrogens (tertiary/aromatic N) is 1. The highest BCUT2D eigenvalue weighted by Crippen LogP contribution is 2.21. The van der Waals surface area contributed by atoms with Crippen molar-refractivity contribution in [2.75, 3.05) is 32.7 Å². The second-order valence-corrected chi connectivity index (χ2v) is 3.14. The van der Waals surface area contributed by atoms with Gasteiger partial charge in [0.05, 0.1) is 0 Å². The Morgan fingerprint density at radius 1 is 0.929 bits per heavy atom. The first-order chi connectivity index (χ1) is 6.49. The van der Waals surface area contributed by atoms with Gasteiger partial charge in [-0.1, -0.05) is 0 Å². The lowest BCUT2D eigenvalue weighted by Crippen LogP contribution is -2.35. The molecule has 0 aromatic heterocycles. The molecule has 0 saturated heterocycles. The van der Waals surface area contributed by atoms with Crippen molar-refractivity contribution < 1.29 is 13.2 Å². The number of halogens is 3. The molecule has 86 valence electrons. The molecule has 0 atom stereocenters. The zero-order valence-electron chi connectivity index (χ0n) is 8.19. The first-order valence-electron chi connectivity index (χ1n) is 4.69. The summed E-state index contributed by atoms with van der Waals surface area (Å²) in [5, 5.41) is 0. The Hall–Kier alpha value is -0.330. The van der Waals surface area contributed by atoms with Crippen LogP contribution in [0.1, 0.15) is 12.8 Å². The molecule has 0 aromatic rings. The van der Waals surface area contributed by atoms with Crippen molar-refractivity contribution in [2.45, 2.75) is 19.0 Å². The van der Waals surface area contributed by atoms with Crippen molar-refractivity contribution in [3.8, 4) is 0 Å². The van der Waals surface area contributed by atoms with Crippen LogP contribution in [0, 0.1) is 0 Å². The van der Waals surface area contributed by atoms with Gasteiger partial charge in [-0.2, -0.15) is 13.2 Å². The largest absolute Gasteiger partial charge is 0.389 e. The fourth-order valence-electron chi connectivity index (χ4n) is 1.20. The van der Waals surface area contributed by atoms with E-state index in [-0.39, 0.29) is 6.42 Å². The molecule has 0 spiro atoms. The summed E-state index contributed by atoms with van der Waals surface area (Å²) in [4.78, 5) is 1.85. The average molecular weight is 213 g/mol. The summed E-state index contributed by atoms with van der Waals surface area (Å²) < 4.78 is 35.4. The van der Waals surface area contributed by atoms with E-state index in [9.17, 15) is 13.2 Å². The van der Waals surface area contributed by atoms with Gasteiger partial charge in [0.2, 0.25) is 0 Å². The van der Waals surface area contributed by atoms with E-state index in [1.807, 2.05) is 4.90 Å². The van der Waals surface area contributed by atoms with Gasteiger partial charge in [0, 0.05) is 32.6 Å². The Kier molecular flexibility index (Phi) is 6.86. The highest BCUT2D eigenvalue weighted by molar-refractivity contribution is 4.61. The fourth-order valence-corrected chi connectivity index (χ4v) is 1.20. The van der Waals surface area contributed by atoms with Crippen molar-refractivity contribution in [3.63, 3.8) is 0 Å². The van der Waals surface area contributed by atoms with Crippen LogP contribution in [-0.4, -0.2) is 43.8 Å². The predicted octanol–water partition coefficient (Wildman–Crippen LogP) is 0.548. The Morgan fingerprint density at radius 3 is 1.79 bits per heavy atom. The molecule has 0 aliphatic heterocycles. The molecule has 0 unspecified atom stereocenters. The molecule has 0 amide bonds. The minimum Gasteiger partial charge on any atom is -0.329 e. The van der Waals surface area contributed by atoms with Crippen LogP contribution in [0.25, 0.3) is 0 Å². The van der Waals surface area contributed by atoms with Gasteiger partial charge in [0.15, 0.2) is 0 Å². The molecule has 0 rings (SSSR count). The van der Waals surface area contributed by atoms with E-state index in [1.54, 1.807) is 0 Å². The molecule has 0 aliphatic carbocycles. The third-order valence-corrected chi connectivity index (χ3v) is 1.83. The van der Waals surface area contributed by atoms with E-state index in [0.717, 1.165) is 0 Å². The van der Waals surface area contributed by atoms with Gasteiger partial charge in [-0.15, -0.1) is 0 Å². The summed E-state index contributed by atoms with van der Waals surface area (Å²) in [6, 6.07) is 0. The number of hydrogen-bond acceptors (Lipinski definition) is 3. The molecule has 0 aliphatic rings. The van der Waals surface area contributed by atoms with Gasteiger partial charge >= 0.3 is 6.18 Å². The SMILES string of the molecule is NCCN(CCN)CCCC(F)(F)F. The van der Waals surface area contributed by atoms with Gasteiger partial charge in [0.1, 0.15) is 0 Å². The van der Waals surface area contributed by atoms with Crippen molar-refractivity contribution in [1.82, 2.24) is 4.90 Å². The van der Waals surface area contributed by atoms with Crippen LogP contribution < -0.4 is 11.5 Å². The highest BCUT2D eigenvalue weighted by atomic mass is 19.4. The van der Waals surface area contributed by atoms with Crippen LogP contribution in [0.3, 0.4) is 0 Å². The maximum atomic E-state index is 11.8. The van der Waals surface area contributed by atoms with Crippen molar-refractivity contribution in [1.29, 1.82) is 0 Å². The molecule has 14 heavy (non-hydrogen) atoms. The third kappa shape index (κ3) is 8.28. The third-order valence-electron chi connectivity index (χ3n) is 1.83. The smallest absolute Gasteiger partial charge is 0.329 e. The first-order valence-corrected chi connectivity index (χ1v) is 4.69. The first kappa shape index (κ1) is 13.7. The number of hydrogen-bond donors (Lipinski definition) is 2. The van der Waals surface area contributed by atoms with Crippen molar-refractivity contribution in [3.05, 3.63) is 0 Å². The number of nitrogens with two attached hydrogens (primary N) is 2. The van der Waals surface area contributed by atoms with E-state index in [2.05, 4.69) is 0 Å². The number of alkyl halides is 3. The monoisotopic (exact) mass is 213 g/mol. The quantitative estimate of drug-likeness (QED) is 0.649. The summed E-state index contributed by atoms with van der Waals surface area (Å²) in [6.45, 7) is 2.52. The van der Waals surface area contributed by atoms with Crippen molar-refractivity contribution in [2.24, 2.45) is 11.5 Å². The van der Waals surface area contributed by atoms with E-state index >= 15 is 0 Å². The minimum atomic E-state index is -4.06. The van der Waals surface area contributed by atoms with Gasteiger partial charge in [-0.3, -0.25) is 0 Å². The topological polar surface area (TPSA) is 55.3 Å². The standard InChI is InChI=1S/C8H18F3N3/c9-8(10,11)2-1-5-14(6-3-12)7-4-13/h1-7,12-13H2. The lowest BCUT2D eigenvalue weighted by atomic mass is 10.3. The Balaban J connectivity index is 3.60. The van der Waals surface area contributed by atoms with Crippen LogP contribution in [0.5, 0.6) is 0 Å². The van der Waals surface area contributed by atoms with E-state index in [4.69, 9.17) is 11.5 Å². The average Bonchev–Trinajstić information content (AvgIpc) is 2.02. The predicted molar refractivity (Wildman–Crippen MR) is 49.8 cm³/mol. The molecule has 0 fully saturated rings. The molecular weight excluding hydrogens is 195 g/mol. The Bertz CT molecular complexity index is 132. The molecule has 4 N–H and O–H groups in total. The minimum absolute atomic E-state index is 0.115. The summed E-state index contributed by atoms with van der Waals surface area (Å²) in [5.41, 5.74) is 10.6. The molecule has 6 heteroatoms. The van der Waals surface area contributed by atoms with Crippen LogP contribution in [0.2, 0.25) is 0 Å². The second-order valence-electron chi connectivity index (χ2n) is 3.14. The maximum Gasteiger partial charge on any atom is 0.389 e. The van der Waals surface area contributed by atoms with Gasteiger partial charge in [-0.05, 0) is 13.0 Å². The Morgan fingerprint density at radius 2 is 1.43 bits per heavy atom. The molecule has 0 radical (unpaired) electrons. The normalized spacial score (nSPS) is 12.4. The zero-order chi connectivity index (χ0) is 11.0. The van der Waals surface area contributed by atoms with E-state index in [1.165, 1.54) is 0 Å². The lowest BCUT2D eigenvalue weighted by molar-refractivity contribution is -0.136. The number of rotatable bonds is 7. The second kappa shape index (κ2) is 7.03. The Labute approximate surface area is 82.2 Å². The summed E-state index contributed by atoms with van der Waals surface area (Å²) >= 11 is 0. The van der Waals surface area contributed by atoms with Gasteiger partial charge in [0.25, 0.3) is 0 Å². The van der Waals surface area contributed by atoms with E-state index < -0.39 is 12.6 Å². The molecular formula is C8H18F3N3. The molecule has 0 saturated carbocycles. The van der Waals surface area contributed by atoms with Crippen LogP contribution >= 0.6 is 0 Å². The summed E-state index contributed by atoms with van der Waals surface area (Å²) in [5.74, 6) is 0. The maximum absolute atomic E-state index is 11.8. The zero-order valence-corrected chi connectivity index (χ0v) is 8.19. The molecule has 0 aromatic carbocycles. The van der Waals surface area contributed by atoms with Gasteiger partial charge < -0.3 is 16.4 Å². The van der Waals surface area contributed by atoms with Crippen LogP contribution in [0.4, 0.5) is 13.2 Å². The van der Waals surface area contributed by atoms with Crippen LogP contribution in [0.15, 0.2) is 0 Å². The highest BCUT2D eigenvalue weighted by Gasteiger charge is 2.26. The molecule has 0 bridgehead atoms. The summed E-state index contributed by atoms with van der Waals surface area (Å²) in [7, 11) is 0. The fraction of sp³-hybridized carbons (Fsp3) is 1.00.